The van der Waals surface area contributed by atoms with E-state index in [-0.39, 0.29) is 18.5 Å². The molecule has 0 aliphatic carbocycles. The number of carbonyl (C=O) groups excluding carboxylic acids is 1. The van der Waals surface area contributed by atoms with Crippen LogP contribution in [0.1, 0.15) is 24.9 Å². The summed E-state index contributed by atoms with van der Waals surface area (Å²) in [6.07, 6.45) is 2.24. The van der Waals surface area contributed by atoms with Crippen molar-refractivity contribution in [1.82, 2.24) is 20.2 Å². The van der Waals surface area contributed by atoms with Crippen LogP contribution in [0.25, 0.3) is 10.9 Å². The van der Waals surface area contributed by atoms with Gasteiger partial charge in [0.1, 0.15) is 12.1 Å². The van der Waals surface area contributed by atoms with Gasteiger partial charge in [0.15, 0.2) is 11.5 Å². The summed E-state index contributed by atoms with van der Waals surface area (Å²) in [5, 5.41) is 7.96. The Bertz CT molecular complexity index is 1140. The number of benzene rings is 2. The van der Waals surface area contributed by atoms with Crippen molar-refractivity contribution < 1.29 is 14.3 Å². The summed E-state index contributed by atoms with van der Waals surface area (Å²) in [5.41, 5.74) is 2.41. The summed E-state index contributed by atoms with van der Waals surface area (Å²) in [7, 11) is 3.40. The first-order valence-corrected chi connectivity index (χ1v) is 10.8. The third-order valence-electron chi connectivity index (χ3n) is 5.65. The predicted molar refractivity (Wildman–Crippen MR) is 125 cm³/mol. The van der Waals surface area contributed by atoms with Crippen LogP contribution >= 0.6 is 11.6 Å². The minimum atomic E-state index is -0.177. The maximum Gasteiger partial charge on any atom is 0.236 e. The van der Waals surface area contributed by atoms with Gasteiger partial charge in [0.2, 0.25) is 5.91 Å². The lowest BCUT2D eigenvalue weighted by Crippen LogP contribution is -2.37. The molecule has 1 aromatic heterocycles. The number of likely N-dealkylation sites (N-methyl/N-ethyl adjacent to an activating group) is 1. The van der Waals surface area contributed by atoms with Crippen LogP contribution in [-0.4, -0.2) is 54.6 Å². The SMILES string of the molecule is COc1cc2ncnc3c2cc1OCCCNCC(=O)N(C)C(C)c1ccc(Cl)cc1N3. The van der Waals surface area contributed by atoms with Crippen LogP contribution in [0.3, 0.4) is 0 Å². The maximum absolute atomic E-state index is 12.7. The second-order valence-corrected chi connectivity index (χ2v) is 8.09. The number of ether oxygens (including phenoxy) is 2. The van der Waals surface area contributed by atoms with E-state index in [0.29, 0.717) is 35.5 Å². The van der Waals surface area contributed by atoms with Crippen molar-refractivity contribution in [2.24, 2.45) is 0 Å². The Morgan fingerprint density at radius 1 is 1.25 bits per heavy atom. The highest BCUT2D eigenvalue weighted by molar-refractivity contribution is 6.30. The Morgan fingerprint density at radius 2 is 2.09 bits per heavy atom. The first-order chi connectivity index (χ1) is 15.5. The predicted octanol–water partition coefficient (Wildman–Crippen LogP) is 3.93. The standard InChI is InChI=1S/C23H26ClN5O3/c1-14-16-6-5-15(24)9-19(16)28-23-17-10-21(20(31-3)11-18(17)26-13-27-23)32-8-4-7-25-12-22(30)29(14)2/h5-6,9-11,13-14,25H,4,7-8,12H2,1-3H3,(H,26,27,28). The van der Waals surface area contributed by atoms with E-state index in [9.17, 15) is 4.79 Å². The second kappa shape index (κ2) is 9.58. The molecule has 1 amide bonds. The van der Waals surface area contributed by atoms with Crippen molar-refractivity contribution in [1.29, 1.82) is 0 Å². The minimum absolute atomic E-state index is 0.00253. The Labute approximate surface area is 191 Å². The van der Waals surface area contributed by atoms with Crippen molar-refractivity contribution in [3.8, 4) is 11.5 Å². The highest BCUT2D eigenvalue weighted by Crippen LogP contribution is 2.37. The molecule has 8 nitrogen and oxygen atoms in total. The van der Waals surface area contributed by atoms with Crippen LogP contribution in [0.5, 0.6) is 11.5 Å². The van der Waals surface area contributed by atoms with Gasteiger partial charge in [0, 0.05) is 29.2 Å². The highest BCUT2D eigenvalue weighted by atomic mass is 35.5. The third-order valence-corrected chi connectivity index (χ3v) is 5.88. The number of rotatable bonds is 1. The molecule has 2 heterocycles. The number of halogens is 1. The van der Waals surface area contributed by atoms with Gasteiger partial charge in [0.05, 0.1) is 31.8 Å². The van der Waals surface area contributed by atoms with Crippen LogP contribution in [-0.2, 0) is 4.79 Å². The number of methoxy groups -OCH3 is 1. The Hall–Kier alpha value is -3.10. The smallest absolute Gasteiger partial charge is 0.236 e. The van der Waals surface area contributed by atoms with Gasteiger partial charge in [0.25, 0.3) is 0 Å². The maximum atomic E-state index is 12.7. The number of hydrogen-bond acceptors (Lipinski definition) is 7. The summed E-state index contributed by atoms with van der Waals surface area (Å²) in [5.74, 6) is 1.83. The molecule has 32 heavy (non-hydrogen) atoms. The van der Waals surface area contributed by atoms with Crippen molar-refractivity contribution in [3.63, 3.8) is 0 Å². The van der Waals surface area contributed by atoms with E-state index in [1.54, 1.807) is 19.1 Å². The molecule has 168 valence electrons. The number of carbonyl (C=O) groups is 1. The monoisotopic (exact) mass is 455 g/mol. The summed E-state index contributed by atoms with van der Waals surface area (Å²) in [6.45, 7) is 3.38. The minimum Gasteiger partial charge on any atom is -0.493 e. The van der Waals surface area contributed by atoms with E-state index in [1.165, 1.54) is 6.33 Å². The quantitative estimate of drug-likeness (QED) is 0.574. The van der Waals surface area contributed by atoms with E-state index in [2.05, 4.69) is 20.6 Å². The van der Waals surface area contributed by atoms with E-state index < -0.39 is 0 Å². The molecule has 0 saturated carbocycles. The van der Waals surface area contributed by atoms with Crippen LogP contribution in [0.2, 0.25) is 5.02 Å². The number of anilines is 2. The lowest BCUT2D eigenvalue weighted by atomic mass is 10.0. The van der Waals surface area contributed by atoms with Gasteiger partial charge in [-0.25, -0.2) is 9.97 Å². The molecular weight excluding hydrogens is 430 g/mol. The largest absolute Gasteiger partial charge is 0.493 e. The molecule has 0 saturated heterocycles. The fourth-order valence-electron chi connectivity index (χ4n) is 3.69. The zero-order valence-corrected chi connectivity index (χ0v) is 19.1. The van der Waals surface area contributed by atoms with Crippen molar-refractivity contribution in [3.05, 3.63) is 47.2 Å². The lowest BCUT2D eigenvalue weighted by molar-refractivity contribution is -0.130. The zero-order chi connectivity index (χ0) is 22.7. The Balaban J connectivity index is 1.84. The number of nitrogens with one attached hydrogen (secondary N) is 2. The fourth-order valence-corrected chi connectivity index (χ4v) is 3.86. The Morgan fingerprint density at radius 3 is 2.91 bits per heavy atom. The van der Waals surface area contributed by atoms with Crippen molar-refractivity contribution in [2.45, 2.75) is 19.4 Å². The fraction of sp³-hybridized carbons (Fsp3) is 0.348. The summed E-state index contributed by atoms with van der Waals surface area (Å²) in [6, 6.07) is 9.14. The van der Waals surface area contributed by atoms with E-state index in [1.807, 2.05) is 37.3 Å². The van der Waals surface area contributed by atoms with Gasteiger partial charge in [-0.15, -0.1) is 0 Å². The number of nitrogens with zero attached hydrogens (tertiary/aromatic N) is 3. The lowest BCUT2D eigenvalue weighted by Gasteiger charge is -2.28. The molecule has 2 aromatic carbocycles. The summed E-state index contributed by atoms with van der Waals surface area (Å²) < 4.78 is 11.5. The van der Waals surface area contributed by atoms with Gasteiger partial charge in [-0.2, -0.15) is 0 Å². The van der Waals surface area contributed by atoms with Crippen LogP contribution in [0.4, 0.5) is 11.5 Å². The molecule has 2 bridgehead atoms. The normalized spacial score (nSPS) is 17.6. The molecule has 0 radical (unpaired) electrons. The number of aromatic nitrogens is 2. The molecule has 2 N–H and O–H groups in total. The average Bonchev–Trinajstić information content (AvgIpc) is 2.79. The molecular formula is C23H26ClN5O3. The molecule has 1 aliphatic rings. The molecule has 1 atom stereocenters. The molecule has 4 rings (SSSR count). The van der Waals surface area contributed by atoms with Gasteiger partial charge in [-0.3, -0.25) is 4.79 Å². The second-order valence-electron chi connectivity index (χ2n) is 7.66. The topological polar surface area (TPSA) is 88.6 Å². The first kappa shape index (κ1) is 22.1. The van der Waals surface area contributed by atoms with Crippen LogP contribution < -0.4 is 20.1 Å². The number of fused-ring (bicyclic) bond motifs is 2. The van der Waals surface area contributed by atoms with Crippen molar-refractivity contribution in [2.75, 3.05) is 39.2 Å². The Kier molecular flexibility index (Phi) is 6.62. The third kappa shape index (κ3) is 4.56. The zero-order valence-electron chi connectivity index (χ0n) is 18.3. The molecule has 0 fully saturated rings. The van der Waals surface area contributed by atoms with Gasteiger partial charge in [-0.1, -0.05) is 17.7 Å². The van der Waals surface area contributed by atoms with E-state index in [4.69, 9.17) is 21.1 Å². The molecule has 1 unspecified atom stereocenters. The average molecular weight is 456 g/mol. The van der Waals surface area contributed by atoms with E-state index >= 15 is 0 Å². The summed E-state index contributed by atoms with van der Waals surface area (Å²) in [4.78, 5) is 23.3. The van der Waals surface area contributed by atoms with Crippen LogP contribution in [0, 0.1) is 0 Å². The molecule has 9 heteroatoms. The molecule has 1 aliphatic heterocycles. The summed E-state index contributed by atoms with van der Waals surface area (Å²) >= 11 is 6.31. The molecule has 3 aromatic rings. The highest BCUT2D eigenvalue weighted by Gasteiger charge is 2.21. The van der Waals surface area contributed by atoms with Gasteiger partial charge < -0.3 is 25.0 Å². The van der Waals surface area contributed by atoms with Gasteiger partial charge in [-0.05, 0) is 43.7 Å². The number of amides is 1. The molecule has 0 spiro atoms. The van der Waals surface area contributed by atoms with E-state index in [0.717, 1.165) is 28.6 Å². The number of hydrogen-bond donors (Lipinski definition) is 2. The van der Waals surface area contributed by atoms with Gasteiger partial charge >= 0.3 is 0 Å². The first-order valence-electron chi connectivity index (χ1n) is 10.5. The van der Waals surface area contributed by atoms with Crippen LogP contribution in [0.15, 0.2) is 36.7 Å². The van der Waals surface area contributed by atoms with Crippen molar-refractivity contribution >= 4 is 39.9 Å².